The van der Waals surface area contributed by atoms with E-state index in [4.69, 9.17) is 4.98 Å². The molecule has 2 heterocycles. The number of nitrogens with zero attached hydrogens (tertiary/aromatic N) is 2. The average Bonchev–Trinajstić information content (AvgIpc) is 3.44. The highest BCUT2D eigenvalue weighted by atomic mass is 16.1. The lowest BCUT2D eigenvalue weighted by atomic mass is 9.94. The standard InChI is InChI=1S/C38H24N2O/c1-2-24-16-18-27(19-17-24)29-20-21-32-35-30(29)14-9-15-31(35)37-39-36-33(26-12-7-4-8-13-26)22-28(25-10-5-3-6-11-25)23-34(36)40(37)38(32)41/h2-23H,1H2. The fourth-order valence-corrected chi connectivity index (χ4v) is 6.14. The molecule has 41 heavy (non-hydrogen) atoms. The van der Waals surface area contributed by atoms with Crippen molar-refractivity contribution in [2.24, 2.45) is 0 Å². The van der Waals surface area contributed by atoms with Crippen LogP contribution in [0.2, 0.25) is 0 Å². The van der Waals surface area contributed by atoms with Crippen LogP contribution in [0.5, 0.6) is 0 Å². The highest BCUT2D eigenvalue weighted by molar-refractivity contribution is 6.19. The lowest BCUT2D eigenvalue weighted by molar-refractivity contribution is 1.19. The molecule has 0 aliphatic rings. The number of benzene rings is 6. The summed E-state index contributed by atoms with van der Waals surface area (Å²) in [6, 6.07) is 43.5. The van der Waals surface area contributed by atoms with Crippen molar-refractivity contribution in [3.63, 3.8) is 0 Å². The lowest BCUT2D eigenvalue weighted by Gasteiger charge is -2.12. The Kier molecular flexibility index (Phi) is 5.13. The van der Waals surface area contributed by atoms with E-state index in [2.05, 4.69) is 91.5 Å². The van der Waals surface area contributed by atoms with Crippen LogP contribution in [-0.2, 0) is 0 Å². The molecule has 0 aliphatic carbocycles. The summed E-state index contributed by atoms with van der Waals surface area (Å²) < 4.78 is 1.81. The van der Waals surface area contributed by atoms with Crippen molar-refractivity contribution in [2.45, 2.75) is 0 Å². The molecule has 3 heteroatoms. The molecule has 0 radical (unpaired) electrons. The van der Waals surface area contributed by atoms with Gasteiger partial charge in [0.15, 0.2) is 0 Å². The van der Waals surface area contributed by atoms with Crippen molar-refractivity contribution >= 4 is 44.3 Å². The van der Waals surface area contributed by atoms with Crippen LogP contribution in [0.15, 0.2) is 139 Å². The van der Waals surface area contributed by atoms with Gasteiger partial charge in [-0.1, -0.05) is 122 Å². The maximum atomic E-state index is 14.3. The number of hydrogen-bond donors (Lipinski definition) is 0. The van der Waals surface area contributed by atoms with Crippen molar-refractivity contribution in [3.8, 4) is 33.4 Å². The molecule has 0 atom stereocenters. The zero-order chi connectivity index (χ0) is 27.5. The molecule has 0 amide bonds. The van der Waals surface area contributed by atoms with E-state index < -0.39 is 0 Å². The summed E-state index contributed by atoms with van der Waals surface area (Å²) in [5.41, 5.74) is 9.77. The highest BCUT2D eigenvalue weighted by Gasteiger charge is 2.20. The van der Waals surface area contributed by atoms with Gasteiger partial charge >= 0.3 is 0 Å². The molecule has 0 fully saturated rings. The first-order chi connectivity index (χ1) is 20.2. The number of aromatic nitrogens is 2. The highest BCUT2D eigenvalue weighted by Crippen LogP contribution is 2.38. The minimum atomic E-state index is -0.0519. The average molecular weight is 525 g/mol. The Morgan fingerprint density at radius 1 is 0.585 bits per heavy atom. The Hall–Kier alpha value is -5.54. The number of rotatable bonds is 4. The van der Waals surface area contributed by atoms with Crippen LogP contribution in [0.4, 0.5) is 0 Å². The molecular weight excluding hydrogens is 500 g/mol. The van der Waals surface area contributed by atoms with Gasteiger partial charge in [0.1, 0.15) is 5.65 Å². The maximum absolute atomic E-state index is 14.3. The summed E-state index contributed by atoms with van der Waals surface area (Å²) in [5, 5.41) is 3.67. The van der Waals surface area contributed by atoms with E-state index in [9.17, 15) is 4.79 Å². The van der Waals surface area contributed by atoms with E-state index in [0.717, 1.165) is 66.1 Å². The van der Waals surface area contributed by atoms with Gasteiger partial charge in [0.25, 0.3) is 5.56 Å². The molecular formula is C38H24N2O. The van der Waals surface area contributed by atoms with E-state index >= 15 is 0 Å². The topological polar surface area (TPSA) is 34.4 Å². The second-order valence-electron chi connectivity index (χ2n) is 10.4. The van der Waals surface area contributed by atoms with Crippen LogP contribution in [0.3, 0.4) is 0 Å². The smallest absolute Gasteiger partial charge is 0.264 e. The largest absolute Gasteiger partial charge is 0.268 e. The number of hydrogen-bond acceptors (Lipinski definition) is 2. The molecule has 0 unspecified atom stereocenters. The zero-order valence-electron chi connectivity index (χ0n) is 22.2. The van der Waals surface area contributed by atoms with E-state index in [1.165, 1.54) is 0 Å². The fourth-order valence-electron chi connectivity index (χ4n) is 6.14. The van der Waals surface area contributed by atoms with Crippen molar-refractivity contribution < 1.29 is 0 Å². The summed E-state index contributed by atoms with van der Waals surface area (Å²) in [6.07, 6.45) is 1.84. The Balaban J connectivity index is 1.50. The zero-order valence-corrected chi connectivity index (χ0v) is 22.2. The van der Waals surface area contributed by atoms with Gasteiger partial charge in [-0.05, 0) is 57.0 Å². The van der Waals surface area contributed by atoms with Gasteiger partial charge in [0.2, 0.25) is 0 Å². The fraction of sp³-hybridized carbons (Fsp3) is 0. The quantitative estimate of drug-likeness (QED) is 0.230. The second kappa shape index (κ2) is 9.00. The third-order valence-corrected chi connectivity index (χ3v) is 8.12. The van der Waals surface area contributed by atoms with E-state index in [1.54, 1.807) is 0 Å². The summed E-state index contributed by atoms with van der Waals surface area (Å²) in [5.74, 6) is 0. The van der Waals surface area contributed by atoms with Crippen molar-refractivity contribution in [3.05, 3.63) is 150 Å². The molecule has 0 N–H and O–H groups in total. The van der Waals surface area contributed by atoms with Crippen LogP contribution in [0.1, 0.15) is 5.56 Å². The minimum absolute atomic E-state index is 0.0519. The first-order valence-electron chi connectivity index (χ1n) is 13.7. The SMILES string of the molecule is C=Cc1ccc(-c2ccc3c(=O)n4c5cc(-c6ccccc6)cc(-c6ccccc6)c5nc4c4cccc2c34)cc1. The normalized spacial score (nSPS) is 11.6. The van der Waals surface area contributed by atoms with Crippen LogP contribution in [0, 0.1) is 0 Å². The molecule has 3 nitrogen and oxygen atoms in total. The van der Waals surface area contributed by atoms with Crippen LogP contribution < -0.4 is 5.56 Å². The van der Waals surface area contributed by atoms with Crippen molar-refractivity contribution in [1.82, 2.24) is 9.38 Å². The monoisotopic (exact) mass is 524 g/mol. The molecule has 8 aromatic rings. The Labute approximate surface area is 236 Å². The number of pyridine rings is 1. The van der Waals surface area contributed by atoms with E-state index in [1.807, 2.05) is 52.9 Å². The predicted molar refractivity (Wildman–Crippen MR) is 172 cm³/mol. The molecule has 0 saturated carbocycles. The van der Waals surface area contributed by atoms with Gasteiger partial charge in [0.05, 0.1) is 11.0 Å². The Bertz CT molecular complexity index is 2320. The van der Waals surface area contributed by atoms with Gasteiger partial charge < -0.3 is 0 Å². The summed E-state index contributed by atoms with van der Waals surface area (Å²) >= 11 is 0. The first kappa shape index (κ1) is 23.4. The maximum Gasteiger partial charge on any atom is 0.264 e. The molecule has 2 aromatic heterocycles. The molecule has 0 spiro atoms. The van der Waals surface area contributed by atoms with E-state index in [-0.39, 0.29) is 5.56 Å². The Morgan fingerprint density at radius 3 is 2.00 bits per heavy atom. The van der Waals surface area contributed by atoms with Gasteiger partial charge in [-0.3, -0.25) is 9.20 Å². The third kappa shape index (κ3) is 3.53. The van der Waals surface area contributed by atoms with Crippen molar-refractivity contribution in [1.29, 1.82) is 0 Å². The summed E-state index contributed by atoms with van der Waals surface area (Å²) in [7, 11) is 0. The predicted octanol–water partition coefficient (Wildman–Crippen LogP) is 9.24. The van der Waals surface area contributed by atoms with Crippen LogP contribution >= 0.6 is 0 Å². The number of fused-ring (bicyclic) bond motifs is 4. The number of imidazole rings is 1. The van der Waals surface area contributed by atoms with Crippen LogP contribution in [0.25, 0.3) is 77.7 Å². The Morgan fingerprint density at radius 2 is 1.27 bits per heavy atom. The van der Waals surface area contributed by atoms with Gasteiger partial charge in [-0.15, -0.1) is 0 Å². The first-order valence-corrected chi connectivity index (χ1v) is 13.7. The molecule has 0 bridgehead atoms. The second-order valence-corrected chi connectivity index (χ2v) is 10.4. The van der Waals surface area contributed by atoms with Gasteiger partial charge in [0, 0.05) is 21.7 Å². The molecule has 0 aliphatic heterocycles. The van der Waals surface area contributed by atoms with Gasteiger partial charge in [-0.2, -0.15) is 0 Å². The van der Waals surface area contributed by atoms with Crippen molar-refractivity contribution in [2.75, 3.05) is 0 Å². The van der Waals surface area contributed by atoms with E-state index in [0.29, 0.717) is 11.0 Å². The van der Waals surface area contributed by atoms with Gasteiger partial charge in [-0.25, -0.2) is 4.98 Å². The molecule has 8 rings (SSSR count). The summed E-state index contributed by atoms with van der Waals surface area (Å²) in [4.78, 5) is 19.5. The molecule has 0 saturated heterocycles. The third-order valence-electron chi connectivity index (χ3n) is 8.12. The van der Waals surface area contributed by atoms with Crippen LogP contribution in [-0.4, -0.2) is 9.38 Å². The summed E-state index contributed by atoms with van der Waals surface area (Å²) in [6.45, 7) is 3.87. The molecule has 192 valence electrons. The molecule has 6 aromatic carbocycles. The lowest BCUT2D eigenvalue weighted by Crippen LogP contribution is -2.13. The minimum Gasteiger partial charge on any atom is -0.268 e.